The fraction of sp³-hybridized carbons (Fsp3) is 0.385. The van der Waals surface area contributed by atoms with Crippen LogP contribution in [0, 0.1) is 0 Å². The molecule has 0 N–H and O–H groups in total. The number of aromatic nitrogens is 1. The minimum atomic E-state index is -0.179. The van der Waals surface area contributed by atoms with Crippen molar-refractivity contribution in [2.75, 3.05) is 21.2 Å². The molecule has 160 valence electrons. The van der Waals surface area contributed by atoms with Crippen LogP contribution in [0.2, 0.25) is 0 Å². The van der Waals surface area contributed by atoms with Crippen LogP contribution in [0.3, 0.4) is 0 Å². The van der Waals surface area contributed by atoms with Gasteiger partial charge in [-0.15, -0.1) is 0 Å². The Morgan fingerprint density at radius 2 is 1.93 bits per heavy atom. The fourth-order valence-corrected chi connectivity index (χ4v) is 3.41. The maximum atomic E-state index is 11.5. The second-order valence-corrected chi connectivity index (χ2v) is 7.68. The van der Waals surface area contributed by atoms with Crippen molar-refractivity contribution in [3.63, 3.8) is 0 Å². The second-order valence-electron chi connectivity index (χ2n) is 7.68. The van der Waals surface area contributed by atoms with E-state index < -0.39 is 0 Å². The van der Waals surface area contributed by atoms with E-state index >= 15 is 0 Å². The Balaban J connectivity index is 2.41. The Kier molecular flexibility index (Phi) is 9.49. The average molecular weight is 407 g/mol. The van der Waals surface area contributed by atoms with Gasteiger partial charge in [0, 0.05) is 24.9 Å². The summed E-state index contributed by atoms with van der Waals surface area (Å²) in [5.74, 6) is -0.179. The van der Waals surface area contributed by atoms with Gasteiger partial charge in [0.2, 0.25) is 0 Å². The highest BCUT2D eigenvalue weighted by molar-refractivity contribution is 5.69. The minimum absolute atomic E-state index is 0.179. The molecule has 1 aromatic heterocycles. The highest BCUT2D eigenvalue weighted by Crippen LogP contribution is 2.23. The number of hydrogen-bond donors (Lipinski definition) is 0. The zero-order valence-corrected chi connectivity index (χ0v) is 18.9. The van der Waals surface area contributed by atoms with Crippen LogP contribution >= 0.6 is 0 Å². The Bertz CT molecular complexity index is 898. The van der Waals surface area contributed by atoms with Crippen molar-refractivity contribution in [3.05, 3.63) is 76.1 Å². The molecule has 4 heteroatoms. The van der Waals surface area contributed by atoms with Gasteiger partial charge in [0.15, 0.2) is 0 Å². The van der Waals surface area contributed by atoms with Crippen LogP contribution in [-0.2, 0) is 28.9 Å². The van der Waals surface area contributed by atoms with Crippen molar-refractivity contribution < 1.29 is 9.53 Å². The largest absolute Gasteiger partial charge is 0.469 e. The minimum Gasteiger partial charge on any atom is -0.469 e. The van der Waals surface area contributed by atoms with E-state index in [4.69, 9.17) is 9.72 Å². The molecule has 2 aromatic rings. The van der Waals surface area contributed by atoms with Gasteiger partial charge in [0.05, 0.1) is 18.5 Å². The molecular formula is C26H34N2O2. The van der Waals surface area contributed by atoms with E-state index in [1.807, 2.05) is 6.92 Å². The van der Waals surface area contributed by atoms with Crippen molar-refractivity contribution in [1.82, 2.24) is 9.88 Å². The zero-order valence-electron chi connectivity index (χ0n) is 18.9. The maximum Gasteiger partial charge on any atom is 0.305 e. The lowest BCUT2D eigenvalue weighted by molar-refractivity contribution is -0.140. The highest BCUT2D eigenvalue weighted by Gasteiger charge is 2.12. The Morgan fingerprint density at radius 3 is 2.60 bits per heavy atom. The van der Waals surface area contributed by atoms with Crippen molar-refractivity contribution in [2.24, 2.45) is 0 Å². The number of methoxy groups -OCH3 is 1. The van der Waals surface area contributed by atoms with Crippen molar-refractivity contribution in [1.29, 1.82) is 0 Å². The van der Waals surface area contributed by atoms with E-state index in [-0.39, 0.29) is 5.97 Å². The van der Waals surface area contributed by atoms with Crippen LogP contribution < -0.4 is 0 Å². The summed E-state index contributed by atoms with van der Waals surface area (Å²) in [7, 11) is 5.55. The number of esters is 1. The zero-order chi connectivity index (χ0) is 21.9. The van der Waals surface area contributed by atoms with Crippen LogP contribution in [0.15, 0.2) is 42.5 Å². The molecule has 4 nitrogen and oxygen atoms in total. The molecule has 0 atom stereocenters. The van der Waals surface area contributed by atoms with E-state index in [9.17, 15) is 4.79 Å². The van der Waals surface area contributed by atoms with Crippen LogP contribution in [0.25, 0.3) is 12.2 Å². The smallest absolute Gasteiger partial charge is 0.305 e. The number of allylic oxidation sites excluding steroid dienone is 2. The average Bonchev–Trinajstić information content (AvgIpc) is 2.71. The normalized spacial score (nSPS) is 11.7. The van der Waals surface area contributed by atoms with Gasteiger partial charge in [-0.25, -0.2) is 0 Å². The lowest BCUT2D eigenvalue weighted by Crippen LogP contribution is -2.13. The summed E-state index contributed by atoms with van der Waals surface area (Å²) < 4.78 is 4.77. The van der Waals surface area contributed by atoms with Crippen LogP contribution in [-0.4, -0.2) is 37.1 Å². The molecule has 0 amide bonds. The van der Waals surface area contributed by atoms with Crippen molar-refractivity contribution >= 4 is 18.1 Å². The summed E-state index contributed by atoms with van der Waals surface area (Å²) in [5, 5.41) is 0. The molecule has 0 bridgehead atoms. The number of rotatable bonds is 10. The number of hydrogen-bond acceptors (Lipinski definition) is 4. The molecule has 1 heterocycles. The number of pyridine rings is 1. The molecule has 0 unspecified atom stereocenters. The third-order valence-corrected chi connectivity index (χ3v) is 4.78. The van der Waals surface area contributed by atoms with Crippen LogP contribution in [0.5, 0.6) is 0 Å². The fourth-order valence-electron chi connectivity index (χ4n) is 3.41. The molecule has 0 saturated carbocycles. The van der Waals surface area contributed by atoms with Gasteiger partial charge >= 0.3 is 5.97 Å². The van der Waals surface area contributed by atoms with E-state index in [0.717, 1.165) is 36.3 Å². The summed E-state index contributed by atoms with van der Waals surface area (Å²) in [4.78, 5) is 18.6. The second kappa shape index (κ2) is 12.1. The summed E-state index contributed by atoms with van der Waals surface area (Å²) in [5.41, 5.74) is 6.87. The van der Waals surface area contributed by atoms with Gasteiger partial charge in [-0.3, -0.25) is 9.78 Å². The number of ether oxygens (including phenoxy) is 1. The summed E-state index contributed by atoms with van der Waals surface area (Å²) in [6, 6.07) is 10.6. The van der Waals surface area contributed by atoms with E-state index in [1.54, 1.807) is 0 Å². The van der Waals surface area contributed by atoms with Crippen LogP contribution in [0.4, 0.5) is 0 Å². The van der Waals surface area contributed by atoms with Gasteiger partial charge in [-0.1, -0.05) is 55.5 Å². The first-order valence-corrected chi connectivity index (χ1v) is 10.6. The molecule has 0 saturated heterocycles. The molecule has 0 aliphatic carbocycles. The Hall–Kier alpha value is -2.72. The van der Waals surface area contributed by atoms with Gasteiger partial charge in [0.25, 0.3) is 0 Å². The third kappa shape index (κ3) is 7.27. The molecule has 0 fully saturated rings. The molecule has 0 aliphatic heterocycles. The van der Waals surface area contributed by atoms with Crippen molar-refractivity contribution in [2.45, 2.75) is 46.1 Å². The maximum absolute atomic E-state index is 11.5. The van der Waals surface area contributed by atoms with Gasteiger partial charge in [-0.05, 0) is 56.6 Å². The SMILES string of the molecule is C/C=C\c1cc(CN(C)C)nc(Cc2cccc(CCC(=O)OC)c2)c1/C=C/CC. The lowest BCUT2D eigenvalue weighted by atomic mass is 9.97. The van der Waals surface area contributed by atoms with Gasteiger partial charge in [0.1, 0.15) is 0 Å². The Labute approximate surface area is 181 Å². The molecule has 0 spiro atoms. The first kappa shape index (κ1) is 23.6. The quantitative estimate of drug-likeness (QED) is 0.503. The molecule has 30 heavy (non-hydrogen) atoms. The summed E-state index contributed by atoms with van der Waals surface area (Å²) in [6.45, 7) is 4.99. The molecule has 0 radical (unpaired) electrons. The first-order chi connectivity index (χ1) is 14.5. The Morgan fingerprint density at radius 1 is 1.17 bits per heavy atom. The van der Waals surface area contributed by atoms with Gasteiger partial charge in [-0.2, -0.15) is 0 Å². The van der Waals surface area contributed by atoms with Crippen LogP contribution in [0.1, 0.15) is 60.3 Å². The lowest BCUT2D eigenvalue weighted by Gasteiger charge is -2.15. The number of aryl methyl sites for hydroxylation is 1. The number of carbonyl (C=O) groups excluding carboxylic acids is 1. The number of nitrogens with zero attached hydrogens (tertiary/aromatic N) is 2. The first-order valence-electron chi connectivity index (χ1n) is 10.6. The van der Waals surface area contributed by atoms with E-state index in [1.165, 1.54) is 23.8 Å². The topological polar surface area (TPSA) is 42.4 Å². The standard InChI is InChI=1S/C26H34N2O2/c1-6-8-13-24-22(10-7-2)18-23(19-28(3)4)27-25(24)17-21-12-9-11-20(16-21)14-15-26(29)30-5/h7-13,16,18H,6,14-15,17,19H2,1-5H3/b10-7-,13-8+. The van der Waals surface area contributed by atoms with Crippen molar-refractivity contribution in [3.8, 4) is 0 Å². The molecular weight excluding hydrogens is 372 g/mol. The summed E-state index contributed by atoms with van der Waals surface area (Å²) >= 11 is 0. The predicted molar refractivity (Wildman–Crippen MR) is 125 cm³/mol. The highest BCUT2D eigenvalue weighted by atomic mass is 16.5. The molecule has 1 aromatic carbocycles. The molecule has 2 rings (SSSR count). The summed E-state index contributed by atoms with van der Waals surface area (Å²) in [6.07, 6.45) is 11.4. The van der Waals surface area contributed by atoms with E-state index in [0.29, 0.717) is 12.8 Å². The van der Waals surface area contributed by atoms with Gasteiger partial charge < -0.3 is 9.64 Å². The monoisotopic (exact) mass is 406 g/mol. The third-order valence-electron chi connectivity index (χ3n) is 4.78. The predicted octanol–water partition coefficient (Wildman–Crippen LogP) is 5.30. The number of carbonyl (C=O) groups is 1. The van der Waals surface area contributed by atoms with E-state index in [2.05, 4.69) is 80.6 Å². The number of benzene rings is 1. The molecule has 0 aliphatic rings.